The first kappa shape index (κ1) is 19.3. The van der Waals surface area contributed by atoms with Gasteiger partial charge < -0.3 is 24.5 Å². The van der Waals surface area contributed by atoms with E-state index in [0.29, 0.717) is 11.6 Å². The molecule has 1 amide bonds. The van der Waals surface area contributed by atoms with E-state index in [9.17, 15) is 19.8 Å². The summed E-state index contributed by atoms with van der Waals surface area (Å²) in [6.45, 7) is 1.51. The van der Waals surface area contributed by atoms with Crippen LogP contribution in [-0.4, -0.2) is 40.5 Å². The molecule has 0 radical (unpaired) electrons. The van der Waals surface area contributed by atoms with Gasteiger partial charge in [0.25, 0.3) is 0 Å². The summed E-state index contributed by atoms with van der Waals surface area (Å²) in [6.07, 6.45) is 0.973. The van der Waals surface area contributed by atoms with Gasteiger partial charge >= 0.3 is 5.88 Å². The van der Waals surface area contributed by atoms with Gasteiger partial charge in [-0.25, -0.2) is 0 Å². The predicted octanol–water partition coefficient (Wildman–Crippen LogP) is 0.182. The second-order valence-electron chi connectivity index (χ2n) is 6.62. The van der Waals surface area contributed by atoms with Crippen molar-refractivity contribution < 1.29 is 33.8 Å². The molecule has 0 spiro atoms. The van der Waals surface area contributed by atoms with Crippen LogP contribution in [0.5, 0.6) is 11.6 Å². The second kappa shape index (κ2) is 7.41. The van der Waals surface area contributed by atoms with E-state index < -0.39 is 29.3 Å². The molecule has 3 heterocycles. The summed E-state index contributed by atoms with van der Waals surface area (Å²) < 4.78 is 12.9. The van der Waals surface area contributed by atoms with E-state index in [4.69, 9.17) is 9.47 Å². The highest BCUT2D eigenvalue weighted by atomic mass is 32.2. The quantitative estimate of drug-likeness (QED) is 0.531. The summed E-state index contributed by atoms with van der Waals surface area (Å²) in [4.78, 5) is 24.9. The van der Waals surface area contributed by atoms with Gasteiger partial charge in [-0.15, -0.1) is 4.57 Å². The molecule has 150 valence electrons. The minimum Gasteiger partial charge on any atom is -0.543 e. The number of pyridine rings is 1. The Morgan fingerprint density at radius 1 is 1.28 bits per heavy atom. The van der Waals surface area contributed by atoms with E-state index in [1.54, 1.807) is 31.4 Å². The van der Waals surface area contributed by atoms with Gasteiger partial charge in [-0.3, -0.25) is 9.69 Å². The van der Waals surface area contributed by atoms with Gasteiger partial charge in [0.2, 0.25) is 11.6 Å². The monoisotopic (exact) mass is 414 g/mol. The largest absolute Gasteiger partial charge is 0.543 e. The van der Waals surface area contributed by atoms with Crippen molar-refractivity contribution in [1.82, 2.24) is 4.90 Å². The number of fused-ring (bicyclic) bond motifs is 1. The Labute approximate surface area is 171 Å². The smallest absolute Gasteiger partial charge is 0.373 e. The Kier molecular flexibility index (Phi) is 4.93. The number of hydrogen-bond donors (Lipinski definition) is 1. The third kappa shape index (κ3) is 3.22. The SMILES string of the molecule is COc1cccc[n+]1-c1ccc(OC2=C(C(=O)[O-])N3C(=O)[C@H]([C@@H](C)O)[C@H]3S2)cc1. The van der Waals surface area contributed by atoms with E-state index in [1.807, 2.05) is 29.0 Å². The average molecular weight is 414 g/mol. The Hall–Kier alpha value is -3.04. The number of carboxylic acid groups (broad SMARTS) is 1. The second-order valence-corrected chi connectivity index (χ2v) is 7.71. The summed E-state index contributed by atoms with van der Waals surface area (Å²) in [7, 11) is 1.58. The number of carbonyl (C=O) groups is 2. The predicted molar refractivity (Wildman–Crippen MR) is 101 cm³/mol. The Morgan fingerprint density at radius 2 is 2.00 bits per heavy atom. The van der Waals surface area contributed by atoms with Crippen molar-refractivity contribution in [3.05, 3.63) is 59.4 Å². The highest BCUT2D eigenvalue weighted by Gasteiger charge is 2.57. The molecular formula is C20H18N2O6S. The normalized spacial score (nSPS) is 21.5. The highest BCUT2D eigenvalue weighted by molar-refractivity contribution is 8.03. The molecule has 2 aromatic rings. The number of aliphatic carboxylic acids is 1. The van der Waals surface area contributed by atoms with Crippen LogP contribution in [-0.2, 0) is 9.59 Å². The molecule has 0 aliphatic carbocycles. The number of rotatable bonds is 6. The van der Waals surface area contributed by atoms with Gasteiger partial charge in [-0.05, 0) is 25.1 Å². The zero-order valence-electron chi connectivity index (χ0n) is 15.6. The number of aromatic nitrogens is 1. The zero-order valence-corrected chi connectivity index (χ0v) is 16.5. The minimum absolute atomic E-state index is 0.0733. The first-order valence-electron chi connectivity index (χ1n) is 8.88. The number of nitrogens with zero attached hydrogens (tertiary/aromatic N) is 2. The molecule has 4 rings (SSSR count). The number of benzene rings is 1. The van der Waals surface area contributed by atoms with Gasteiger partial charge in [0.1, 0.15) is 16.8 Å². The van der Waals surface area contributed by atoms with Gasteiger partial charge in [0.05, 0.1) is 31.2 Å². The molecule has 1 saturated heterocycles. The fourth-order valence-electron chi connectivity index (χ4n) is 3.40. The van der Waals surface area contributed by atoms with E-state index in [0.717, 1.165) is 22.3 Å². The van der Waals surface area contributed by atoms with Crippen molar-refractivity contribution in [3.8, 4) is 17.3 Å². The summed E-state index contributed by atoms with van der Waals surface area (Å²) in [6, 6.07) is 12.6. The topological polar surface area (TPSA) is 103 Å². The minimum atomic E-state index is -1.49. The fraction of sp³-hybridized carbons (Fsp3) is 0.250. The summed E-state index contributed by atoms with van der Waals surface area (Å²) in [5, 5.41) is 20.9. The molecule has 1 fully saturated rings. The summed E-state index contributed by atoms with van der Waals surface area (Å²) >= 11 is 1.09. The maximum atomic E-state index is 12.2. The summed E-state index contributed by atoms with van der Waals surface area (Å²) in [5.41, 5.74) is 0.529. The molecule has 29 heavy (non-hydrogen) atoms. The van der Waals surface area contributed by atoms with Gasteiger partial charge in [0, 0.05) is 18.2 Å². The molecule has 1 N–H and O–H groups in total. The Bertz CT molecular complexity index is 1000. The van der Waals surface area contributed by atoms with Crippen LogP contribution in [0.2, 0.25) is 0 Å². The van der Waals surface area contributed by atoms with Crippen LogP contribution in [0.3, 0.4) is 0 Å². The van der Waals surface area contributed by atoms with E-state index in [-0.39, 0.29) is 10.8 Å². The number of aliphatic hydroxyl groups excluding tert-OH is 1. The number of carboxylic acids is 1. The number of amides is 1. The molecule has 2 aliphatic heterocycles. The lowest BCUT2D eigenvalue weighted by Crippen LogP contribution is -2.61. The molecule has 3 atom stereocenters. The van der Waals surface area contributed by atoms with Crippen LogP contribution in [0.25, 0.3) is 5.69 Å². The van der Waals surface area contributed by atoms with Crippen LogP contribution >= 0.6 is 11.8 Å². The molecule has 2 aliphatic rings. The average Bonchev–Trinajstić information content (AvgIpc) is 3.02. The first-order valence-corrected chi connectivity index (χ1v) is 9.76. The highest BCUT2D eigenvalue weighted by Crippen LogP contribution is 2.50. The van der Waals surface area contributed by atoms with Crippen molar-refractivity contribution in [2.45, 2.75) is 18.4 Å². The molecule has 0 bridgehead atoms. The molecule has 1 aromatic heterocycles. The number of aliphatic hydroxyl groups is 1. The van der Waals surface area contributed by atoms with E-state index in [2.05, 4.69) is 0 Å². The van der Waals surface area contributed by atoms with Crippen LogP contribution in [0, 0.1) is 5.92 Å². The van der Waals surface area contributed by atoms with Gasteiger partial charge in [-0.1, -0.05) is 11.8 Å². The number of β-lactam (4-membered cyclic amide) rings is 1. The first-order chi connectivity index (χ1) is 13.9. The van der Waals surface area contributed by atoms with Gasteiger partial charge in [0.15, 0.2) is 11.3 Å². The van der Waals surface area contributed by atoms with Crippen molar-refractivity contribution in [2.24, 2.45) is 5.92 Å². The number of thioether (sulfide) groups is 1. The van der Waals surface area contributed by atoms with Gasteiger partial charge in [-0.2, -0.15) is 0 Å². The van der Waals surface area contributed by atoms with Crippen LogP contribution in [0.4, 0.5) is 0 Å². The van der Waals surface area contributed by atoms with E-state index in [1.165, 1.54) is 6.92 Å². The van der Waals surface area contributed by atoms with Crippen molar-refractivity contribution in [1.29, 1.82) is 0 Å². The van der Waals surface area contributed by atoms with Crippen LogP contribution < -0.4 is 19.1 Å². The third-order valence-electron chi connectivity index (χ3n) is 4.82. The Balaban J connectivity index is 1.58. The molecule has 1 aromatic carbocycles. The van der Waals surface area contributed by atoms with Crippen molar-refractivity contribution in [3.63, 3.8) is 0 Å². The third-order valence-corrected chi connectivity index (χ3v) is 6.05. The van der Waals surface area contributed by atoms with Crippen molar-refractivity contribution in [2.75, 3.05) is 7.11 Å². The fourth-order valence-corrected chi connectivity index (χ4v) is 4.86. The standard InChI is InChI=1S/C20H18N2O6S/c1-11(23)15-17(24)22-16(19(25)26)20(29-18(15)22)28-13-8-6-12(7-9-13)21-10-4-3-5-14(21)27-2/h3-11,15,18,23H,1-2H3/t11-,15+,18-/m1/s1. The number of carbonyl (C=O) groups excluding carboxylic acids is 2. The molecule has 8 nitrogen and oxygen atoms in total. The zero-order chi connectivity index (χ0) is 20.7. The lowest BCUT2D eigenvalue weighted by Gasteiger charge is -2.44. The van der Waals surface area contributed by atoms with E-state index >= 15 is 0 Å². The lowest BCUT2D eigenvalue weighted by atomic mass is 9.92. The Morgan fingerprint density at radius 3 is 2.62 bits per heavy atom. The number of hydrogen-bond acceptors (Lipinski definition) is 7. The number of ether oxygens (including phenoxy) is 2. The molecule has 9 heteroatoms. The summed E-state index contributed by atoms with van der Waals surface area (Å²) in [5.74, 6) is -1.54. The number of methoxy groups -OCH3 is 1. The maximum absolute atomic E-state index is 12.2. The molecule has 0 saturated carbocycles. The lowest BCUT2D eigenvalue weighted by molar-refractivity contribution is -0.602. The van der Waals surface area contributed by atoms with Crippen molar-refractivity contribution >= 4 is 23.6 Å². The maximum Gasteiger partial charge on any atom is 0.373 e. The van der Waals surface area contributed by atoms with Crippen LogP contribution in [0.1, 0.15) is 6.92 Å². The molecule has 0 unspecified atom stereocenters. The molecular weight excluding hydrogens is 396 g/mol. The van der Waals surface area contributed by atoms with Crippen LogP contribution in [0.15, 0.2) is 59.4 Å².